The standard InChI is InChI=1S/C8H14F3N3O2/c1-14(2)6(15)3-5(7(12)16)13-4-8(9,10)11/h5,13H,3-4H2,1-2H3,(H2,12,16). The normalized spacial score (nSPS) is 13.3. The number of rotatable bonds is 5. The van der Waals surface area contributed by atoms with Crippen LogP contribution in [0.15, 0.2) is 0 Å². The second-order valence-corrected chi connectivity index (χ2v) is 3.44. The molecular weight excluding hydrogens is 227 g/mol. The summed E-state index contributed by atoms with van der Waals surface area (Å²) >= 11 is 0. The van der Waals surface area contributed by atoms with Crippen molar-refractivity contribution in [2.75, 3.05) is 20.6 Å². The first-order valence-corrected chi connectivity index (χ1v) is 4.43. The van der Waals surface area contributed by atoms with E-state index in [1.165, 1.54) is 19.0 Å². The average molecular weight is 241 g/mol. The number of hydrogen-bond acceptors (Lipinski definition) is 3. The van der Waals surface area contributed by atoms with E-state index in [1.807, 2.05) is 5.32 Å². The van der Waals surface area contributed by atoms with Crippen LogP contribution in [0.2, 0.25) is 0 Å². The molecule has 0 aromatic rings. The van der Waals surface area contributed by atoms with Gasteiger partial charge in [0.25, 0.3) is 0 Å². The highest BCUT2D eigenvalue weighted by atomic mass is 19.4. The molecule has 2 amide bonds. The Labute approximate surface area is 90.8 Å². The molecule has 0 rings (SSSR count). The predicted molar refractivity (Wildman–Crippen MR) is 50.4 cm³/mol. The van der Waals surface area contributed by atoms with Gasteiger partial charge in [0.05, 0.1) is 19.0 Å². The summed E-state index contributed by atoms with van der Waals surface area (Å²) in [5.41, 5.74) is 4.87. The van der Waals surface area contributed by atoms with Crippen LogP contribution < -0.4 is 11.1 Å². The number of nitrogens with zero attached hydrogens (tertiary/aromatic N) is 1. The lowest BCUT2D eigenvalue weighted by molar-refractivity contribution is -0.137. The zero-order chi connectivity index (χ0) is 12.9. The molecule has 0 aromatic heterocycles. The molecule has 0 saturated heterocycles. The van der Waals surface area contributed by atoms with Crippen LogP contribution in [-0.2, 0) is 9.59 Å². The third-order valence-corrected chi connectivity index (χ3v) is 1.77. The van der Waals surface area contributed by atoms with Gasteiger partial charge in [0.15, 0.2) is 0 Å². The van der Waals surface area contributed by atoms with Gasteiger partial charge in [0.1, 0.15) is 0 Å². The number of hydrogen-bond donors (Lipinski definition) is 2. The molecule has 0 aliphatic heterocycles. The first kappa shape index (κ1) is 14.7. The van der Waals surface area contributed by atoms with Crippen LogP contribution in [0.1, 0.15) is 6.42 Å². The summed E-state index contributed by atoms with van der Waals surface area (Å²) in [5.74, 6) is -1.46. The van der Waals surface area contributed by atoms with Crippen molar-refractivity contribution in [2.24, 2.45) is 5.73 Å². The predicted octanol–water partition coefficient (Wildman–Crippen LogP) is -0.529. The van der Waals surface area contributed by atoms with Gasteiger partial charge in [0.2, 0.25) is 11.8 Å². The lowest BCUT2D eigenvalue weighted by Crippen LogP contribution is -2.47. The third kappa shape index (κ3) is 6.23. The Kier molecular flexibility index (Phi) is 5.22. The number of carbonyl (C=O) groups is 2. The van der Waals surface area contributed by atoms with Crippen LogP contribution in [0.25, 0.3) is 0 Å². The van der Waals surface area contributed by atoms with Gasteiger partial charge in [0, 0.05) is 14.1 Å². The molecule has 0 heterocycles. The van der Waals surface area contributed by atoms with Crippen LogP contribution in [0.5, 0.6) is 0 Å². The van der Waals surface area contributed by atoms with Crippen molar-refractivity contribution in [3.63, 3.8) is 0 Å². The van der Waals surface area contributed by atoms with Gasteiger partial charge in [-0.05, 0) is 0 Å². The van der Waals surface area contributed by atoms with Gasteiger partial charge in [-0.15, -0.1) is 0 Å². The highest BCUT2D eigenvalue weighted by Crippen LogP contribution is 2.13. The third-order valence-electron chi connectivity index (χ3n) is 1.77. The Morgan fingerprint density at radius 2 is 1.88 bits per heavy atom. The minimum Gasteiger partial charge on any atom is -0.368 e. The van der Waals surface area contributed by atoms with Crippen molar-refractivity contribution in [1.29, 1.82) is 0 Å². The summed E-state index contributed by atoms with van der Waals surface area (Å²) in [6.45, 7) is -1.36. The van der Waals surface area contributed by atoms with Crippen molar-refractivity contribution >= 4 is 11.8 Å². The lowest BCUT2D eigenvalue weighted by Gasteiger charge is -2.18. The van der Waals surface area contributed by atoms with Gasteiger partial charge >= 0.3 is 6.18 Å². The first-order valence-electron chi connectivity index (χ1n) is 4.43. The smallest absolute Gasteiger partial charge is 0.368 e. The molecule has 8 heteroatoms. The number of primary amides is 1. The van der Waals surface area contributed by atoms with E-state index in [0.717, 1.165) is 0 Å². The van der Waals surface area contributed by atoms with E-state index in [2.05, 4.69) is 0 Å². The number of alkyl halides is 3. The van der Waals surface area contributed by atoms with Crippen molar-refractivity contribution in [2.45, 2.75) is 18.6 Å². The minimum atomic E-state index is -4.45. The number of halogens is 3. The fourth-order valence-corrected chi connectivity index (χ4v) is 0.869. The van der Waals surface area contributed by atoms with Crippen LogP contribution in [0, 0.1) is 0 Å². The molecule has 0 spiro atoms. The van der Waals surface area contributed by atoms with Gasteiger partial charge < -0.3 is 10.6 Å². The molecule has 0 fully saturated rings. The van der Waals surface area contributed by atoms with Crippen molar-refractivity contribution in [3.8, 4) is 0 Å². The van der Waals surface area contributed by atoms with E-state index in [9.17, 15) is 22.8 Å². The van der Waals surface area contributed by atoms with Crippen LogP contribution >= 0.6 is 0 Å². The summed E-state index contributed by atoms with van der Waals surface area (Å²) < 4.78 is 35.6. The number of nitrogens with two attached hydrogens (primary N) is 1. The summed E-state index contributed by atoms with van der Waals surface area (Å²) in [7, 11) is 2.87. The summed E-state index contributed by atoms with van der Waals surface area (Å²) in [6.07, 6.45) is -4.84. The Bertz CT molecular complexity index is 266. The molecule has 3 N–H and O–H groups in total. The molecule has 94 valence electrons. The SMILES string of the molecule is CN(C)C(=O)CC(NCC(F)(F)F)C(N)=O. The van der Waals surface area contributed by atoms with Crippen molar-refractivity contribution < 1.29 is 22.8 Å². The first-order chi connectivity index (χ1) is 7.13. The fourth-order valence-electron chi connectivity index (χ4n) is 0.869. The second-order valence-electron chi connectivity index (χ2n) is 3.44. The van der Waals surface area contributed by atoms with E-state index in [4.69, 9.17) is 5.73 Å². The maximum Gasteiger partial charge on any atom is 0.401 e. The Morgan fingerprint density at radius 1 is 1.38 bits per heavy atom. The van der Waals surface area contributed by atoms with E-state index in [0.29, 0.717) is 0 Å². The molecule has 0 saturated carbocycles. The topological polar surface area (TPSA) is 75.4 Å². The lowest BCUT2D eigenvalue weighted by atomic mass is 10.2. The quantitative estimate of drug-likeness (QED) is 0.679. The molecule has 16 heavy (non-hydrogen) atoms. The van der Waals surface area contributed by atoms with Gasteiger partial charge in [-0.3, -0.25) is 14.9 Å². The van der Waals surface area contributed by atoms with Gasteiger partial charge in [-0.1, -0.05) is 0 Å². The molecule has 0 aromatic carbocycles. The minimum absolute atomic E-state index is 0.390. The molecule has 1 atom stereocenters. The Hall–Kier alpha value is -1.31. The average Bonchev–Trinajstić information content (AvgIpc) is 2.09. The number of carbonyl (C=O) groups excluding carboxylic acids is 2. The molecule has 0 aliphatic rings. The Balaban J connectivity index is 4.30. The molecule has 0 radical (unpaired) electrons. The largest absolute Gasteiger partial charge is 0.401 e. The second kappa shape index (κ2) is 5.69. The summed E-state index contributed by atoms with van der Waals surface area (Å²) in [4.78, 5) is 23.1. The monoisotopic (exact) mass is 241 g/mol. The van der Waals surface area contributed by atoms with E-state index in [-0.39, 0.29) is 0 Å². The molecule has 5 nitrogen and oxygen atoms in total. The van der Waals surface area contributed by atoms with E-state index in [1.54, 1.807) is 0 Å². The molecule has 1 unspecified atom stereocenters. The van der Waals surface area contributed by atoms with Crippen LogP contribution in [0.3, 0.4) is 0 Å². The van der Waals surface area contributed by atoms with Gasteiger partial charge in [-0.25, -0.2) is 0 Å². The van der Waals surface area contributed by atoms with E-state index < -0.39 is 37.0 Å². The zero-order valence-corrected chi connectivity index (χ0v) is 8.97. The maximum absolute atomic E-state index is 11.9. The fraction of sp³-hybridized carbons (Fsp3) is 0.750. The maximum atomic E-state index is 11.9. The van der Waals surface area contributed by atoms with E-state index >= 15 is 0 Å². The number of amides is 2. The van der Waals surface area contributed by atoms with Crippen LogP contribution in [0.4, 0.5) is 13.2 Å². The van der Waals surface area contributed by atoms with Crippen LogP contribution in [-0.4, -0.2) is 49.6 Å². The zero-order valence-electron chi connectivity index (χ0n) is 8.97. The highest BCUT2D eigenvalue weighted by molar-refractivity contribution is 5.87. The summed E-state index contributed by atoms with van der Waals surface area (Å²) in [6, 6.07) is -1.31. The highest BCUT2D eigenvalue weighted by Gasteiger charge is 2.30. The van der Waals surface area contributed by atoms with Gasteiger partial charge in [-0.2, -0.15) is 13.2 Å². The molecule has 0 bridgehead atoms. The summed E-state index contributed by atoms with van der Waals surface area (Å²) in [5, 5.41) is 1.90. The molecule has 0 aliphatic carbocycles. The van der Waals surface area contributed by atoms with Crippen molar-refractivity contribution in [1.82, 2.24) is 10.2 Å². The molecular formula is C8H14F3N3O2. The Morgan fingerprint density at radius 3 is 2.19 bits per heavy atom. The van der Waals surface area contributed by atoms with Crippen molar-refractivity contribution in [3.05, 3.63) is 0 Å². The number of nitrogens with one attached hydrogen (secondary N) is 1.